The quantitative estimate of drug-likeness (QED) is 0.474. The van der Waals surface area contributed by atoms with E-state index in [1.807, 2.05) is 0 Å². The van der Waals surface area contributed by atoms with Crippen molar-refractivity contribution in [3.8, 4) is 0 Å². The van der Waals surface area contributed by atoms with Gasteiger partial charge in [-0.2, -0.15) is 8.42 Å². The Balaban J connectivity index is 1.76. The van der Waals surface area contributed by atoms with Crippen LogP contribution < -0.4 is 0 Å². The van der Waals surface area contributed by atoms with E-state index in [1.165, 1.54) is 35.4 Å². The minimum Gasteiger partial charge on any atom is -0.462 e. The number of nitrogens with zero attached hydrogens (tertiary/aromatic N) is 1. The number of nitrogens with one attached hydrogen (secondary N) is 1. The van der Waals surface area contributed by atoms with Crippen LogP contribution in [0.5, 0.6) is 0 Å². The summed E-state index contributed by atoms with van der Waals surface area (Å²) in [7, 11) is -4.89. The molecule has 0 spiro atoms. The molecule has 32 heavy (non-hydrogen) atoms. The Morgan fingerprint density at radius 1 is 1.16 bits per heavy atom. The number of carbonyl (C=O) groups is 2. The number of ether oxygens (including phenoxy) is 1. The van der Waals surface area contributed by atoms with Gasteiger partial charge in [0.05, 0.1) is 22.8 Å². The molecule has 0 fully saturated rings. The lowest BCUT2D eigenvalue weighted by atomic mass is 10.0. The van der Waals surface area contributed by atoms with E-state index in [4.69, 9.17) is 4.74 Å². The fourth-order valence-corrected chi connectivity index (χ4v) is 4.14. The molecular weight excluding hydrogens is 442 g/mol. The van der Waals surface area contributed by atoms with E-state index in [1.54, 1.807) is 13.0 Å². The van der Waals surface area contributed by atoms with Crippen molar-refractivity contribution >= 4 is 38.6 Å². The Kier molecular flexibility index (Phi) is 5.55. The number of hydrogen-bond acceptors (Lipinski definition) is 5. The van der Waals surface area contributed by atoms with E-state index in [0.717, 1.165) is 12.1 Å². The van der Waals surface area contributed by atoms with Gasteiger partial charge in [0.15, 0.2) is 0 Å². The van der Waals surface area contributed by atoms with Crippen molar-refractivity contribution in [2.75, 3.05) is 13.2 Å². The number of esters is 1. The Labute approximate surface area is 182 Å². The topological polar surface area (TPSA) is 96.5 Å². The standard InChI is InChI=1S/C22H18F2N2O5S/c1-2-31-22(28)18-12-26(21(27)13-3-6-15(7-4-13)32(24,29)30)10-9-16-17-11-14(23)5-8-19(17)25-20(16)18/h3-8,11-12,25H,2,9-10H2,1H3. The highest BCUT2D eigenvalue weighted by atomic mass is 32.3. The predicted molar refractivity (Wildman–Crippen MR) is 112 cm³/mol. The molecule has 0 bridgehead atoms. The summed E-state index contributed by atoms with van der Waals surface area (Å²) in [6.07, 6.45) is 1.68. The van der Waals surface area contributed by atoms with Gasteiger partial charge in [-0.25, -0.2) is 9.18 Å². The molecule has 3 aromatic rings. The lowest BCUT2D eigenvalue weighted by Gasteiger charge is -2.18. The number of rotatable bonds is 4. The minimum absolute atomic E-state index is 0.104. The number of fused-ring (bicyclic) bond motifs is 3. The number of aromatic nitrogens is 1. The maximum Gasteiger partial charge on any atom is 0.341 e. The van der Waals surface area contributed by atoms with E-state index >= 15 is 0 Å². The first-order valence-corrected chi connectivity index (χ1v) is 11.1. The molecule has 0 saturated heterocycles. The maximum atomic E-state index is 13.9. The largest absolute Gasteiger partial charge is 0.462 e. The Morgan fingerprint density at radius 2 is 1.88 bits per heavy atom. The van der Waals surface area contributed by atoms with E-state index in [2.05, 4.69) is 4.98 Å². The highest BCUT2D eigenvalue weighted by Crippen LogP contribution is 2.32. The molecule has 10 heteroatoms. The average molecular weight is 460 g/mol. The third-order valence-electron chi connectivity index (χ3n) is 5.16. The highest BCUT2D eigenvalue weighted by Gasteiger charge is 2.28. The molecule has 1 amide bonds. The van der Waals surface area contributed by atoms with Crippen LogP contribution in [-0.2, 0) is 26.2 Å². The van der Waals surface area contributed by atoms with Gasteiger partial charge >= 0.3 is 16.2 Å². The van der Waals surface area contributed by atoms with Gasteiger partial charge in [0.2, 0.25) is 0 Å². The number of carbonyl (C=O) groups excluding carboxylic acids is 2. The summed E-state index contributed by atoms with van der Waals surface area (Å²) in [5.74, 6) is -1.60. The summed E-state index contributed by atoms with van der Waals surface area (Å²) in [5, 5.41) is 0.599. The first-order chi connectivity index (χ1) is 15.2. The molecule has 0 unspecified atom stereocenters. The number of benzene rings is 2. The SMILES string of the molecule is CCOC(=O)C1=CN(C(=O)c2ccc(S(=O)(=O)F)cc2)CCc2c1[nH]c1ccc(F)cc21. The van der Waals surface area contributed by atoms with Gasteiger partial charge in [0.25, 0.3) is 5.91 Å². The average Bonchev–Trinajstić information content (AvgIpc) is 2.99. The second-order valence-corrected chi connectivity index (χ2v) is 8.49. The molecule has 4 rings (SSSR count). The monoisotopic (exact) mass is 460 g/mol. The summed E-state index contributed by atoms with van der Waals surface area (Å²) < 4.78 is 54.2. The first-order valence-electron chi connectivity index (χ1n) is 9.74. The Morgan fingerprint density at radius 3 is 2.53 bits per heavy atom. The third-order valence-corrected chi connectivity index (χ3v) is 6.00. The minimum atomic E-state index is -4.89. The molecule has 0 aliphatic carbocycles. The van der Waals surface area contributed by atoms with Gasteiger partial charge in [-0.1, -0.05) is 0 Å². The second kappa shape index (κ2) is 8.19. The highest BCUT2D eigenvalue weighted by molar-refractivity contribution is 7.86. The summed E-state index contributed by atoms with van der Waals surface area (Å²) in [6, 6.07) is 8.63. The van der Waals surface area contributed by atoms with Crippen LogP contribution in [0.25, 0.3) is 16.5 Å². The van der Waals surface area contributed by atoms with Crippen LogP contribution in [0, 0.1) is 5.82 Å². The lowest BCUT2D eigenvalue weighted by molar-refractivity contribution is -0.136. The smallest absolute Gasteiger partial charge is 0.341 e. The zero-order chi connectivity index (χ0) is 23.0. The lowest BCUT2D eigenvalue weighted by Crippen LogP contribution is -2.28. The van der Waals surface area contributed by atoms with Gasteiger partial charge in [0, 0.05) is 29.2 Å². The predicted octanol–water partition coefficient (Wildman–Crippen LogP) is 3.57. The van der Waals surface area contributed by atoms with Gasteiger partial charge < -0.3 is 14.6 Å². The van der Waals surface area contributed by atoms with Crippen LogP contribution in [0.3, 0.4) is 0 Å². The summed E-state index contributed by atoms with van der Waals surface area (Å²) >= 11 is 0. The number of amides is 1. The first kappa shape index (κ1) is 21.7. The molecule has 0 saturated carbocycles. The van der Waals surface area contributed by atoms with E-state index in [0.29, 0.717) is 28.6 Å². The van der Waals surface area contributed by atoms with Gasteiger partial charge in [0.1, 0.15) is 5.82 Å². The molecule has 0 atom stereocenters. The summed E-state index contributed by atoms with van der Waals surface area (Å²) in [5.41, 5.74) is 1.98. The third kappa shape index (κ3) is 4.01. The van der Waals surface area contributed by atoms with Crippen LogP contribution in [0.1, 0.15) is 28.5 Å². The second-order valence-electron chi connectivity index (χ2n) is 7.14. The Hall–Kier alpha value is -3.53. The zero-order valence-electron chi connectivity index (χ0n) is 16.9. The summed E-state index contributed by atoms with van der Waals surface area (Å²) in [4.78, 5) is 29.6. The molecule has 7 nitrogen and oxygen atoms in total. The Bertz CT molecular complexity index is 1360. The molecule has 0 radical (unpaired) electrons. The molecule has 1 aliphatic heterocycles. The van der Waals surface area contributed by atoms with Crippen LogP contribution in [-0.4, -0.2) is 43.3 Å². The van der Waals surface area contributed by atoms with Crippen molar-refractivity contribution in [1.29, 1.82) is 0 Å². The van der Waals surface area contributed by atoms with E-state index < -0.39 is 32.8 Å². The molecule has 1 aromatic heterocycles. The molecule has 1 N–H and O–H groups in total. The van der Waals surface area contributed by atoms with Crippen LogP contribution in [0.15, 0.2) is 53.6 Å². The van der Waals surface area contributed by atoms with Crippen molar-refractivity contribution < 1.29 is 31.0 Å². The van der Waals surface area contributed by atoms with Crippen molar-refractivity contribution in [3.05, 3.63) is 71.3 Å². The van der Waals surface area contributed by atoms with Crippen LogP contribution in [0.2, 0.25) is 0 Å². The van der Waals surface area contributed by atoms with Crippen LogP contribution in [0.4, 0.5) is 8.28 Å². The zero-order valence-corrected chi connectivity index (χ0v) is 17.7. The van der Waals surface area contributed by atoms with Crippen molar-refractivity contribution in [2.45, 2.75) is 18.2 Å². The van der Waals surface area contributed by atoms with Crippen molar-refractivity contribution in [2.24, 2.45) is 0 Å². The summed E-state index contributed by atoms with van der Waals surface area (Å²) in [6.45, 7) is 1.94. The number of H-pyrrole nitrogens is 1. The fraction of sp³-hybridized carbons (Fsp3) is 0.182. The van der Waals surface area contributed by atoms with Crippen LogP contribution >= 0.6 is 0 Å². The number of halogens is 2. The normalized spacial score (nSPS) is 14.0. The number of hydrogen-bond donors (Lipinski definition) is 1. The molecule has 166 valence electrons. The molecule has 2 heterocycles. The number of aromatic amines is 1. The fourth-order valence-electron chi connectivity index (χ4n) is 3.68. The van der Waals surface area contributed by atoms with Crippen molar-refractivity contribution in [1.82, 2.24) is 9.88 Å². The van der Waals surface area contributed by atoms with Gasteiger partial charge in [-0.05, 0) is 61.4 Å². The molecular formula is C22H18F2N2O5S. The van der Waals surface area contributed by atoms with Crippen molar-refractivity contribution in [3.63, 3.8) is 0 Å². The van der Waals surface area contributed by atoms with E-state index in [9.17, 15) is 26.3 Å². The molecule has 1 aliphatic rings. The van der Waals surface area contributed by atoms with E-state index in [-0.39, 0.29) is 24.3 Å². The maximum absolute atomic E-state index is 13.9. The van der Waals surface area contributed by atoms with Gasteiger partial charge in [-0.15, -0.1) is 3.89 Å². The van der Waals surface area contributed by atoms with Gasteiger partial charge in [-0.3, -0.25) is 4.79 Å². The molecule has 2 aromatic carbocycles.